The summed E-state index contributed by atoms with van der Waals surface area (Å²) >= 11 is 0. The van der Waals surface area contributed by atoms with E-state index in [1.165, 1.54) is 31.2 Å². The standard InChI is InChI=1S/C20H28N2O2/c1-14-8-10-15(11-9-14)13-21-19(23)17-12-18(17)20(24)22-16-6-4-2-3-5-7-16/h8-11,16-18H,2-7,12-13H2,1H3,(H,21,23)(H,22,24). The molecule has 0 aromatic heterocycles. The van der Waals surface area contributed by atoms with Crippen LogP contribution in [0.2, 0.25) is 0 Å². The van der Waals surface area contributed by atoms with Gasteiger partial charge < -0.3 is 10.6 Å². The second-order valence-electron chi connectivity index (χ2n) is 7.35. The molecule has 0 radical (unpaired) electrons. The molecule has 4 heteroatoms. The van der Waals surface area contributed by atoms with Crippen LogP contribution in [-0.2, 0) is 16.1 Å². The van der Waals surface area contributed by atoms with Gasteiger partial charge in [0.2, 0.25) is 11.8 Å². The molecule has 2 aliphatic carbocycles. The summed E-state index contributed by atoms with van der Waals surface area (Å²) in [6, 6.07) is 8.46. The maximum atomic E-state index is 12.3. The fraction of sp³-hybridized carbons (Fsp3) is 0.600. The molecule has 0 spiro atoms. The zero-order valence-electron chi connectivity index (χ0n) is 14.5. The van der Waals surface area contributed by atoms with Crippen molar-refractivity contribution in [2.45, 2.75) is 64.5 Å². The summed E-state index contributed by atoms with van der Waals surface area (Å²) in [6.45, 7) is 2.58. The molecular formula is C20H28N2O2. The maximum Gasteiger partial charge on any atom is 0.224 e. The third-order valence-electron chi connectivity index (χ3n) is 5.25. The second-order valence-corrected chi connectivity index (χ2v) is 7.35. The minimum Gasteiger partial charge on any atom is -0.353 e. The first-order valence-corrected chi connectivity index (χ1v) is 9.27. The highest BCUT2D eigenvalue weighted by Crippen LogP contribution is 2.39. The predicted octanol–water partition coefficient (Wildman–Crippen LogP) is 3.09. The monoisotopic (exact) mass is 328 g/mol. The quantitative estimate of drug-likeness (QED) is 0.816. The Balaban J connectivity index is 1.41. The van der Waals surface area contributed by atoms with Crippen LogP contribution >= 0.6 is 0 Å². The zero-order chi connectivity index (χ0) is 16.9. The second kappa shape index (κ2) is 7.82. The Morgan fingerprint density at radius 1 is 0.958 bits per heavy atom. The molecule has 0 aliphatic heterocycles. The summed E-state index contributed by atoms with van der Waals surface area (Å²) in [4.78, 5) is 24.5. The van der Waals surface area contributed by atoms with Gasteiger partial charge >= 0.3 is 0 Å². The number of benzene rings is 1. The molecule has 1 aromatic rings. The van der Waals surface area contributed by atoms with Crippen molar-refractivity contribution in [1.82, 2.24) is 10.6 Å². The van der Waals surface area contributed by atoms with Crippen LogP contribution in [0.5, 0.6) is 0 Å². The van der Waals surface area contributed by atoms with Crippen LogP contribution in [0, 0.1) is 18.8 Å². The van der Waals surface area contributed by atoms with Gasteiger partial charge in [0.05, 0.1) is 11.8 Å². The van der Waals surface area contributed by atoms with E-state index in [2.05, 4.69) is 10.6 Å². The van der Waals surface area contributed by atoms with Gasteiger partial charge in [-0.05, 0) is 31.7 Å². The van der Waals surface area contributed by atoms with E-state index < -0.39 is 0 Å². The lowest BCUT2D eigenvalue weighted by molar-refractivity contribution is -0.127. The molecule has 2 saturated carbocycles. The summed E-state index contributed by atoms with van der Waals surface area (Å²) in [5.74, 6) is -0.165. The predicted molar refractivity (Wildman–Crippen MR) is 94.3 cm³/mol. The van der Waals surface area contributed by atoms with Gasteiger partial charge in [-0.1, -0.05) is 55.5 Å². The van der Waals surface area contributed by atoms with Crippen molar-refractivity contribution in [2.24, 2.45) is 11.8 Å². The number of hydrogen-bond donors (Lipinski definition) is 2. The van der Waals surface area contributed by atoms with Gasteiger partial charge in [0.25, 0.3) is 0 Å². The molecule has 4 nitrogen and oxygen atoms in total. The lowest BCUT2D eigenvalue weighted by Gasteiger charge is -2.16. The van der Waals surface area contributed by atoms with Gasteiger partial charge in [-0.15, -0.1) is 0 Å². The minimum absolute atomic E-state index is 0.0107. The van der Waals surface area contributed by atoms with Crippen molar-refractivity contribution in [1.29, 1.82) is 0 Å². The first-order valence-electron chi connectivity index (χ1n) is 9.27. The molecule has 24 heavy (non-hydrogen) atoms. The summed E-state index contributed by atoms with van der Waals surface area (Å²) in [5.41, 5.74) is 2.30. The third kappa shape index (κ3) is 4.59. The Morgan fingerprint density at radius 2 is 1.58 bits per heavy atom. The molecule has 2 N–H and O–H groups in total. The van der Waals surface area contributed by atoms with E-state index in [0.717, 1.165) is 18.4 Å². The van der Waals surface area contributed by atoms with E-state index >= 15 is 0 Å². The van der Waals surface area contributed by atoms with Crippen LogP contribution in [-0.4, -0.2) is 17.9 Å². The number of amides is 2. The Hall–Kier alpha value is -1.84. The van der Waals surface area contributed by atoms with Gasteiger partial charge in [0.15, 0.2) is 0 Å². The first-order chi connectivity index (χ1) is 11.6. The average molecular weight is 328 g/mol. The average Bonchev–Trinajstić information content (AvgIpc) is 3.39. The molecule has 0 bridgehead atoms. The lowest BCUT2D eigenvalue weighted by atomic mass is 10.1. The van der Waals surface area contributed by atoms with Crippen molar-refractivity contribution in [3.63, 3.8) is 0 Å². The summed E-state index contributed by atoms with van der Waals surface area (Å²) in [7, 11) is 0. The normalized spacial score (nSPS) is 24.0. The molecule has 3 rings (SSSR count). The Morgan fingerprint density at radius 3 is 2.25 bits per heavy atom. The van der Waals surface area contributed by atoms with Crippen LogP contribution in [0.25, 0.3) is 0 Å². The molecule has 1 aromatic carbocycles. The van der Waals surface area contributed by atoms with Gasteiger partial charge in [-0.3, -0.25) is 9.59 Å². The van der Waals surface area contributed by atoms with Crippen molar-refractivity contribution < 1.29 is 9.59 Å². The van der Waals surface area contributed by atoms with E-state index in [1.807, 2.05) is 31.2 Å². The molecule has 0 saturated heterocycles. The molecule has 2 amide bonds. The summed E-state index contributed by atoms with van der Waals surface area (Å²) < 4.78 is 0. The van der Waals surface area contributed by atoms with Crippen LogP contribution in [0.15, 0.2) is 24.3 Å². The van der Waals surface area contributed by atoms with Crippen molar-refractivity contribution in [2.75, 3.05) is 0 Å². The van der Waals surface area contributed by atoms with Crippen molar-refractivity contribution in [3.8, 4) is 0 Å². The Bertz CT molecular complexity index is 574. The number of rotatable bonds is 5. The molecule has 0 heterocycles. The fourth-order valence-corrected chi connectivity index (χ4v) is 3.53. The number of hydrogen-bond acceptors (Lipinski definition) is 2. The van der Waals surface area contributed by atoms with Crippen LogP contribution in [0.4, 0.5) is 0 Å². The van der Waals surface area contributed by atoms with Crippen molar-refractivity contribution in [3.05, 3.63) is 35.4 Å². The van der Waals surface area contributed by atoms with Crippen LogP contribution in [0.3, 0.4) is 0 Å². The van der Waals surface area contributed by atoms with Gasteiger partial charge in [-0.25, -0.2) is 0 Å². The zero-order valence-corrected chi connectivity index (χ0v) is 14.5. The highest BCUT2D eigenvalue weighted by molar-refractivity contribution is 5.92. The Labute approximate surface area is 144 Å². The third-order valence-corrected chi connectivity index (χ3v) is 5.25. The van der Waals surface area contributed by atoms with E-state index in [4.69, 9.17) is 0 Å². The smallest absolute Gasteiger partial charge is 0.224 e. The summed E-state index contributed by atoms with van der Waals surface area (Å²) in [6.07, 6.45) is 7.83. The van der Waals surface area contributed by atoms with Gasteiger partial charge in [0, 0.05) is 12.6 Å². The molecule has 2 atom stereocenters. The van der Waals surface area contributed by atoms with Gasteiger partial charge in [0.1, 0.15) is 0 Å². The number of carbonyl (C=O) groups is 2. The highest BCUT2D eigenvalue weighted by Gasteiger charge is 2.48. The van der Waals surface area contributed by atoms with Crippen molar-refractivity contribution >= 4 is 11.8 Å². The summed E-state index contributed by atoms with van der Waals surface area (Å²) in [5, 5.41) is 6.13. The molecule has 2 aliphatic rings. The molecule has 2 unspecified atom stereocenters. The highest BCUT2D eigenvalue weighted by atomic mass is 16.2. The number of nitrogens with one attached hydrogen (secondary N) is 2. The number of aryl methyl sites for hydroxylation is 1. The molecule has 130 valence electrons. The topological polar surface area (TPSA) is 58.2 Å². The lowest BCUT2D eigenvalue weighted by Crippen LogP contribution is -2.36. The fourth-order valence-electron chi connectivity index (χ4n) is 3.53. The van der Waals surface area contributed by atoms with E-state index in [1.54, 1.807) is 0 Å². The van der Waals surface area contributed by atoms with Crippen LogP contribution in [0.1, 0.15) is 56.1 Å². The van der Waals surface area contributed by atoms with E-state index in [-0.39, 0.29) is 23.7 Å². The maximum absolute atomic E-state index is 12.3. The van der Waals surface area contributed by atoms with E-state index in [9.17, 15) is 9.59 Å². The van der Waals surface area contributed by atoms with Gasteiger partial charge in [-0.2, -0.15) is 0 Å². The molecule has 2 fully saturated rings. The number of carbonyl (C=O) groups excluding carboxylic acids is 2. The SMILES string of the molecule is Cc1ccc(CNC(=O)C2CC2C(=O)NC2CCCCCC2)cc1. The van der Waals surface area contributed by atoms with Crippen LogP contribution < -0.4 is 10.6 Å². The Kier molecular flexibility index (Phi) is 5.54. The van der Waals surface area contributed by atoms with E-state index in [0.29, 0.717) is 19.0 Å². The largest absolute Gasteiger partial charge is 0.353 e. The molecular weight excluding hydrogens is 300 g/mol. The first kappa shape index (κ1) is 17.0. The minimum atomic E-state index is -0.138.